The summed E-state index contributed by atoms with van der Waals surface area (Å²) in [5.74, 6) is 1.81. The quantitative estimate of drug-likeness (QED) is 0.925. The Balaban J connectivity index is 1.65. The molecule has 0 radical (unpaired) electrons. The van der Waals surface area contributed by atoms with E-state index in [1.165, 1.54) is 25.7 Å². The fourth-order valence-electron chi connectivity index (χ4n) is 3.38. The molecule has 112 valence electrons. The highest BCUT2D eigenvalue weighted by atomic mass is 32.2. The van der Waals surface area contributed by atoms with E-state index in [1.54, 1.807) is 0 Å². The molecule has 2 heterocycles. The van der Waals surface area contributed by atoms with Crippen LogP contribution in [-0.2, 0) is 9.84 Å². The van der Waals surface area contributed by atoms with E-state index in [-0.39, 0.29) is 5.92 Å². The van der Waals surface area contributed by atoms with E-state index >= 15 is 0 Å². The highest BCUT2D eigenvalue weighted by Gasteiger charge is 2.28. The van der Waals surface area contributed by atoms with Crippen molar-refractivity contribution in [2.75, 3.05) is 23.4 Å². The summed E-state index contributed by atoms with van der Waals surface area (Å²) in [6, 6.07) is 0.561. The maximum absolute atomic E-state index is 11.5. The molecule has 1 aromatic heterocycles. The Morgan fingerprint density at radius 1 is 1.35 bits per heavy atom. The number of rotatable bonds is 4. The van der Waals surface area contributed by atoms with Crippen LogP contribution in [-0.4, -0.2) is 36.0 Å². The predicted octanol–water partition coefficient (Wildman–Crippen LogP) is 2.15. The Bertz CT molecular complexity index is 573. The van der Waals surface area contributed by atoms with Gasteiger partial charge in [0, 0.05) is 18.8 Å². The lowest BCUT2D eigenvalue weighted by atomic mass is 10.1. The van der Waals surface area contributed by atoms with Crippen molar-refractivity contribution < 1.29 is 8.42 Å². The second-order valence-corrected chi connectivity index (χ2v) is 8.43. The van der Waals surface area contributed by atoms with E-state index in [2.05, 4.69) is 21.1 Å². The zero-order valence-corrected chi connectivity index (χ0v) is 12.8. The summed E-state index contributed by atoms with van der Waals surface area (Å²) < 4.78 is 25.2. The van der Waals surface area contributed by atoms with E-state index in [0.29, 0.717) is 24.1 Å². The first-order valence-electron chi connectivity index (χ1n) is 7.53. The highest BCUT2D eigenvalue weighted by molar-refractivity contribution is 7.91. The third-order valence-corrected chi connectivity index (χ3v) is 6.28. The number of aromatic nitrogens is 2. The Morgan fingerprint density at radius 3 is 2.75 bits per heavy atom. The van der Waals surface area contributed by atoms with Gasteiger partial charge >= 0.3 is 0 Å². The first-order chi connectivity index (χ1) is 9.53. The van der Waals surface area contributed by atoms with Gasteiger partial charge in [-0.15, -0.1) is 0 Å². The van der Waals surface area contributed by atoms with Gasteiger partial charge in [-0.05, 0) is 32.1 Å². The molecule has 1 saturated heterocycles. The summed E-state index contributed by atoms with van der Waals surface area (Å²) in [5.41, 5.74) is 1.03. The molecule has 0 aromatic carbocycles. The molecule has 5 nitrogen and oxygen atoms in total. The van der Waals surface area contributed by atoms with Crippen LogP contribution in [0.25, 0.3) is 0 Å². The van der Waals surface area contributed by atoms with Crippen LogP contribution in [0.3, 0.4) is 0 Å². The largest absolute Gasteiger partial charge is 0.355 e. The monoisotopic (exact) mass is 297 g/mol. The minimum atomic E-state index is -2.79. The van der Waals surface area contributed by atoms with Crippen molar-refractivity contribution in [1.82, 2.24) is 9.55 Å². The molecule has 1 N–H and O–H groups in total. The van der Waals surface area contributed by atoms with E-state index in [0.717, 1.165) is 18.1 Å². The van der Waals surface area contributed by atoms with E-state index in [4.69, 9.17) is 0 Å². The Kier molecular flexibility index (Phi) is 3.75. The van der Waals surface area contributed by atoms with Gasteiger partial charge in [0.2, 0.25) is 5.95 Å². The summed E-state index contributed by atoms with van der Waals surface area (Å²) >= 11 is 0. The maximum Gasteiger partial charge on any atom is 0.203 e. The highest BCUT2D eigenvalue weighted by Crippen LogP contribution is 2.32. The van der Waals surface area contributed by atoms with Crippen LogP contribution in [0.4, 0.5) is 5.95 Å². The average molecular weight is 297 g/mol. The van der Waals surface area contributed by atoms with Gasteiger partial charge in [-0.1, -0.05) is 12.8 Å². The molecular weight excluding hydrogens is 274 g/mol. The number of hydrogen-bond donors (Lipinski definition) is 1. The first kappa shape index (κ1) is 13.9. The molecule has 0 amide bonds. The van der Waals surface area contributed by atoms with Gasteiger partial charge in [0.1, 0.15) is 0 Å². The molecule has 6 heteroatoms. The van der Waals surface area contributed by atoms with Gasteiger partial charge in [-0.2, -0.15) is 0 Å². The molecule has 2 aliphatic rings. The molecule has 1 aliphatic heterocycles. The van der Waals surface area contributed by atoms with Crippen LogP contribution in [0.2, 0.25) is 0 Å². The second kappa shape index (κ2) is 5.39. The summed E-state index contributed by atoms with van der Waals surface area (Å²) in [4.78, 5) is 4.55. The van der Waals surface area contributed by atoms with Crippen LogP contribution >= 0.6 is 0 Å². The summed E-state index contributed by atoms with van der Waals surface area (Å²) in [6.07, 6.45) is 7.93. The lowest BCUT2D eigenvalue weighted by Gasteiger charge is -2.17. The van der Waals surface area contributed by atoms with Crippen molar-refractivity contribution in [3.8, 4) is 0 Å². The molecule has 20 heavy (non-hydrogen) atoms. The second-order valence-electron chi connectivity index (χ2n) is 6.20. The molecule has 1 unspecified atom stereocenters. The van der Waals surface area contributed by atoms with E-state index in [1.807, 2.05) is 6.92 Å². The molecule has 1 aliphatic carbocycles. The number of imidazole rings is 1. The van der Waals surface area contributed by atoms with Crippen LogP contribution in [0.5, 0.6) is 0 Å². The molecule has 0 spiro atoms. The topological polar surface area (TPSA) is 64.0 Å². The fraction of sp³-hybridized carbons (Fsp3) is 0.786. The molecule has 1 atom stereocenters. The van der Waals surface area contributed by atoms with Crippen molar-refractivity contribution in [3.63, 3.8) is 0 Å². The normalized spacial score (nSPS) is 26.1. The summed E-state index contributed by atoms with van der Waals surface area (Å²) in [7, 11) is -2.79. The van der Waals surface area contributed by atoms with Crippen LogP contribution in [0.1, 0.15) is 43.8 Å². The van der Waals surface area contributed by atoms with Crippen molar-refractivity contribution in [3.05, 3.63) is 11.9 Å². The van der Waals surface area contributed by atoms with Crippen molar-refractivity contribution in [2.24, 2.45) is 5.92 Å². The first-order valence-corrected chi connectivity index (χ1v) is 9.35. The standard InChI is InChI=1S/C14H23N3O2S/c1-11-9-17(13-4-2-3-5-13)14(16-11)15-8-12-6-7-20(18,19)10-12/h9,12-13H,2-8,10H2,1H3,(H,15,16). The molecule has 2 fully saturated rings. The third-order valence-electron chi connectivity index (χ3n) is 4.45. The average Bonchev–Trinajstić information content (AvgIpc) is 3.06. The van der Waals surface area contributed by atoms with Gasteiger partial charge < -0.3 is 9.88 Å². The smallest absolute Gasteiger partial charge is 0.203 e. The Labute approximate surface area is 120 Å². The minimum absolute atomic E-state index is 0.231. The van der Waals surface area contributed by atoms with Crippen LogP contribution < -0.4 is 5.32 Å². The van der Waals surface area contributed by atoms with Gasteiger partial charge in [0.05, 0.1) is 17.2 Å². The van der Waals surface area contributed by atoms with Crippen LogP contribution in [0, 0.1) is 12.8 Å². The molecule has 3 rings (SSSR count). The minimum Gasteiger partial charge on any atom is -0.355 e. The summed E-state index contributed by atoms with van der Waals surface area (Å²) in [5, 5.41) is 3.38. The Morgan fingerprint density at radius 2 is 2.10 bits per heavy atom. The van der Waals surface area contributed by atoms with E-state index < -0.39 is 9.84 Å². The maximum atomic E-state index is 11.5. The fourth-order valence-corrected chi connectivity index (χ4v) is 5.24. The molecule has 1 saturated carbocycles. The van der Waals surface area contributed by atoms with Crippen LogP contribution in [0.15, 0.2) is 6.20 Å². The number of nitrogens with zero attached hydrogens (tertiary/aromatic N) is 2. The van der Waals surface area contributed by atoms with Gasteiger partial charge in [0.15, 0.2) is 9.84 Å². The van der Waals surface area contributed by atoms with Gasteiger partial charge in [-0.3, -0.25) is 0 Å². The lowest BCUT2D eigenvalue weighted by molar-refractivity contribution is 0.519. The van der Waals surface area contributed by atoms with Crippen molar-refractivity contribution in [2.45, 2.75) is 45.1 Å². The predicted molar refractivity (Wildman–Crippen MR) is 79.7 cm³/mol. The third kappa shape index (κ3) is 3.00. The molecule has 0 bridgehead atoms. The number of aryl methyl sites for hydroxylation is 1. The van der Waals surface area contributed by atoms with E-state index in [9.17, 15) is 8.42 Å². The molecule has 1 aromatic rings. The van der Waals surface area contributed by atoms with Crippen molar-refractivity contribution in [1.29, 1.82) is 0 Å². The zero-order chi connectivity index (χ0) is 14.2. The van der Waals surface area contributed by atoms with Gasteiger partial charge in [-0.25, -0.2) is 13.4 Å². The lowest BCUT2D eigenvalue weighted by Crippen LogP contribution is -2.19. The summed E-state index contributed by atoms with van der Waals surface area (Å²) in [6.45, 7) is 2.72. The number of nitrogens with one attached hydrogen (secondary N) is 1. The number of hydrogen-bond acceptors (Lipinski definition) is 4. The Hall–Kier alpha value is -1.04. The van der Waals surface area contributed by atoms with Crippen molar-refractivity contribution >= 4 is 15.8 Å². The molecular formula is C14H23N3O2S. The number of sulfone groups is 1. The number of anilines is 1. The zero-order valence-electron chi connectivity index (χ0n) is 12.0. The van der Waals surface area contributed by atoms with Gasteiger partial charge in [0.25, 0.3) is 0 Å². The SMILES string of the molecule is Cc1cn(C2CCCC2)c(NCC2CCS(=O)(=O)C2)n1.